The van der Waals surface area contributed by atoms with E-state index in [-0.39, 0.29) is 24.1 Å². The number of aromatic nitrogens is 2. The lowest BCUT2D eigenvalue weighted by atomic mass is 10.1. The molecule has 1 atom stereocenters. The Hall–Kier alpha value is -2.35. The standard InChI is InChI=1S/C17H18F3N3O2/c1-10-7-11(2)23(22-10)15-4-3-13(17(18,19)20)8-14(15)21-16(24)12-5-6-25-9-12/h3-4,7-8,12H,5-6,9H2,1-2H3,(H,21,24)/t12-/m1/s1. The minimum absolute atomic E-state index is 0.0814. The first-order valence-electron chi connectivity index (χ1n) is 7.89. The lowest BCUT2D eigenvalue weighted by Gasteiger charge is -2.17. The molecular formula is C17H18F3N3O2. The second-order valence-corrected chi connectivity index (χ2v) is 6.12. The minimum atomic E-state index is -4.50. The third-order valence-electron chi connectivity index (χ3n) is 4.12. The van der Waals surface area contributed by atoms with Crippen LogP contribution in [-0.4, -0.2) is 28.9 Å². The molecule has 1 N–H and O–H groups in total. The Kier molecular flexibility index (Phi) is 4.55. The molecule has 1 saturated heterocycles. The number of benzene rings is 1. The summed E-state index contributed by atoms with van der Waals surface area (Å²) in [6.07, 6.45) is -3.94. The topological polar surface area (TPSA) is 56.2 Å². The molecule has 2 aromatic rings. The zero-order chi connectivity index (χ0) is 18.2. The molecule has 0 spiro atoms. The van der Waals surface area contributed by atoms with Gasteiger partial charge in [-0.2, -0.15) is 18.3 Å². The Labute approximate surface area is 142 Å². The molecule has 0 unspecified atom stereocenters. The number of carbonyl (C=O) groups is 1. The van der Waals surface area contributed by atoms with Gasteiger partial charge >= 0.3 is 6.18 Å². The van der Waals surface area contributed by atoms with Gasteiger partial charge in [0.1, 0.15) is 0 Å². The van der Waals surface area contributed by atoms with Crippen molar-refractivity contribution in [1.82, 2.24) is 9.78 Å². The van der Waals surface area contributed by atoms with Crippen molar-refractivity contribution in [3.63, 3.8) is 0 Å². The minimum Gasteiger partial charge on any atom is -0.381 e. The van der Waals surface area contributed by atoms with Crippen molar-refractivity contribution in [2.75, 3.05) is 18.5 Å². The summed E-state index contributed by atoms with van der Waals surface area (Å²) in [7, 11) is 0. The van der Waals surface area contributed by atoms with Gasteiger partial charge in [0.05, 0.1) is 35.2 Å². The summed E-state index contributed by atoms with van der Waals surface area (Å²) in [4.78, 5) is 12.3. The van der Waals surface area contributed by atoms with Gasteiger partial charge in [-0.25, -0.2) is 4.68 Å². The van der Waals surface area contributed by atoms with Crippen LogP contribution in [0.4, 0.5) is 18.9 Å². The molecule has 25 heavy (non-hydrogen) atoms. The van der Waals surface area contributed by atoms with Gasteiger partial charge in [-0.15, -0.1) is 0 Å². The number of anilines is 1. The third-order valence-corrected chi connectivity index (χ3v) is 4.12. The van der Waals surface area contributed by atoms with Crippen LogP contribution in [0.1, 0.15) is 23.4 Å². The van der Waals surface area contributed by atoms with Gasteiger partial charge in [-0.1, -0.05) is 0 Å². The summed E-state index contributed by atoms with van der Waals surface area (Å²) in [6, 6.07) is 5.07. The van der Waals surface area contributed by atoms with Gasteiger partial charge in [-0.3, -0.25) is 4.79 Å². The summed E-state index contributed by atoms with van der Waals surface area (Å²) in [5, 5.41) is 6.92. The maximum absolute atomic E-state index is 13.1. The number of hydrogen-bond donors (Lipinski definition) is 1. The van der Waals surface area contributed by atoms with Gasteiger partial charge in [0.15, 0.2) is 0 Å². The van der Waals surface area contributed by atoms with E-state index in [9.17, 15) is 18.0 Å². The van der Waals surface area contributed by atoms with E-state index in [1.807, 2.05) is 6.07 Å². The lowest BCUT2D eigenvalue weighted by Crippen LogP contribution is -2.24. The molecule has 1 aromatic heterocycles. The SMILES string of the molecule is Cc1cc(C)n(-c2ccc(C(F)(F)F)cc2NC(=O)[C@@H]2CCOC2)n1. The first-order chi connectivity index (χ1) is 11.8. The first-order valence-corrected chi connectivity index (χ1v) is 7.89. The summed E-state index contributed by atoms with van der Waals surface area (Å²) in [5.41, 5.74) is 1.15. The Morgan fingerprint density at radius 3 is 2.64 bits per heavy atom. The number of ether oxygens (including phenoxy) is 1. The van der Waals surface area contributed by atoms with Crippen molar-refractivity contribution < 1.29 is 22.7 Å². The quantitative estimate of drug-likeness (QED) is 0.919. The highest BCUT2D eigenvalue weighted by atomic mass is 19.4. The Bertz CT molecular complexity index is 793. The number of hydrogen-bond acceptors (Lipinski definition) is 3. The van der Waals surface area contributed by atoms with Crippen LogP contribution in [0.15, 0.2) is 24.3 Å². The molecule has 0 saturated carbocycles. The van der Waals surface area contributed by atoms with Gasteiger partial charge < -0.3 is 10.1 Å². The lowest BCUT2D eigenvalue weighted by molar-refractivity contribution is -0.137. The van der Waals surface area contributed by atoms with Crippen LogP contribution in [0.3, 0.4) is 0 Å². The number of carbonyl (C=O) groups excluding carboxylic acids is 1. The van der Waals surface area contributed by atoms with E-state index in [4.69, 9.17) is 4.74 Å². The Balaban J connectivity index is 2.02. The zero-order valence-corrected chi connectivity index (χ0v) is 13.9. The number of amides is 1. The molecule has 2 heterocycles. The highest BCUT2D eigenvalue weighted by Gasteiger charge is 2.32. The average Bonchev–Trinajstić information content (AvgIpc) is 3.16. The van der Waals surface area contributed by atoms with Gasteiger partial charge in [-0.05, 0) is 44.5 Å². The van der Waals surface area contributed by atoms with Crippen molar-refractivity contribution in [2.24, 2.45) is 5.92 Å². The van der Waals surface area contributed by atoms with Gasteiger partial charge in [0, 0.05) is 12.3 Å². The first kappa shape index (κ1) is 17.5. The van der Waals surface area contributed by atoms with Crippen LogP contribution < -0.4 is 5.32 Å². The molecule has 1 amide bonds. The predicted octanol–water partition coefficient (Wildman–Crippen LogP) is 3.48. The third kappa shape index (κ3) is 3.68. The van der Waals surface area contributed by atoms with Crippen molar-refractivity contribution in [3.8, 4) is 5.69 Å². The molecule has 5 nitrogen and oxygen atoms in total. The van der Waals surface area contributed by atoms with E-state index < -0.39 is 11.7 Å². The molecule has 8 heteroatoms. The maximum Gasteiger partial charge on any atom is 0.416 e. The Morgan fingerprint density at radius 1 is 1.32 bits per heavy atom. The second-order valence-electron chi connectivity index (χ2n) is 6.12. The van der Waals surface area contributed by atoms with Gasteiger partial charge in [0.2, 0.25) is 5.91 Å². The number of rotatable bonds is 3. The molecule has 1 aliphatic heterocycles. The summed E-state index contributed by atoms with van der Waals surface area (Å²) >= 11 is 0. The monoisotopic (exact) mass is 353 g/mol. The zero-order valence-electron chi connectivity index (χ0n) is 13.9. The van der Waals surface area contributed by atoms with Gasteiger partial charge in [0.25, 0.3) is 0 Å². The van der Waals surface area contributed by atoms with Crippen LogP contribution in [-0.2, 0) is 15.7 Å². The highest BCUT2D eigenvalue weighted by molar-refractivity contribution is 5.94. The Morgan fingerprint density at radius 2 is 2.08 bits per heavy atom. The number of nitrogens with zero attached hydrogens (tertiary/aromatic N) is 2. The van der Waals surface area contributed by atoms with Crippen molar-refractivity contribution >= 4 is 11.6 Å². The van der Waals surface area contributed by atoms with Crippen LogP contribution in [0, 0.1) is 19.8 Å². The molecule has 0 bridgehead atoms. The van der Waals surface area contributed by atoms with E-state index in [0.29, 0.717) is 18.7 Å². The molecule has 1 fully saturated rings. The van der Waals surface area contributed by atoms with E-state index in [1.165, 1.54) is 10.7 Å². The summed E-state index contributed by atoms with van der Waals surface area (Å²) in [6.45, 7) is 4.35. The normalized spacial score (nSPS) is 17.7. The van der Waals surface area contributed by atoms with E-state index in [2.05, 4.69) is 10.4 Å². The summed E-state index contributed by atoms with van der Waals surface area (Å²) < 4.78 is 45.9. The predicted molar refractivity (Wildman–Crippen MR) is 85.6 cm³/mol. The van der Waals surface area contributed by atoms with Crippen LogP contribution in [0.5, 0.6) is 0 Å². The maximum atomic E-state index is 13.1. The molecule has 3 rings (SSSR count). The van der Waals surface area contributed by atoms with E-state index >= 15 is 0 Å². The number of alkyl halides is 3. The summed E-state index contributed by atoms with van der Waals surface area (Å²) in [5.74, 6) is -0.706. The fraction of sp³-hybridized carbons (Fsp3) is 0.412. The molecule has 1 aromatic carbocycles. The second kappa shape index (κ2) is 6.51. The van der Waals surface area contributed by atoms with Crippen molar-refractivity contribution in [2.45, 2.75) is 26.4 Å². The number of aryl methyl sites for hydroxylation is 2. The largest absolute Gasteiger partial charge is 0.416 e. The average molecular weight is 353 g/mol. The van der Waals surface area contributed by atoms with Crippen LogP contribution >= 0.6 is 0 Å². The molecule has 0 aliphatic carbocycles. The van der Waals surface area contributed by atoms with Crippen LogP contribution in [0.2, 0.25) is 0 Å². The smallest absolute Gasteiger partial charge is 0.381 e. The van der Waals surface area contributed by atoms with E-state index in [0.717, 1.165) is 23.5 Å². The molecule has 0 radical (unpaired) electrons. The highest BCUT2D eigenvalue weighted by Crippen LogP contribution is 2.34. The van der Waals surface area contributed by atoms with Crippen molar-refractivity contribution in [1.29, 1.82) is 0 Å². The molecule has 1 aliphatic rings. The van der Waals surface area contributed by atoms with Crippen molar-refractivity contribution in [3.05, 3.63) is 41.2 Å². The molecule has 134 valence electrons. The molecular weight excluding hydrogens is 335 g/mol. The number of nitrogens with one attached hydrogen (secondary N) is 1. The number of halogens is 3. The van der Waals surface area contributed by atoms with Crippen LogP contribution in [0.25, 0.3) is 5.69 Å². The fourth-order valence-electron chi connectivity index (χ4n) is 2.85. The fourth-order valence-corrected chi connectivity index (χ4v) is 2.85. The van der Waals surface area contributed by atoms with E-state index in [1.54, 1.807) is 13.8 Å².